The van der Waals surface area contributed by atoms with Crippen LogP contribution in [0.15, 0.2) is 18.3 Å². The molecule has 0 saturated carbocycles. The van der Waals surface area contributed by atoms with Crippen LogP contribution in [0.25, 0.3) is 0 Å². The number of hydrogen-bond donors (Lipinski definition) is 0. The average molecular weight is 288 g/mol. The molecule has 0 bridgehead atoms. The van der Waals surface area contributed by atoms with E-state index in [1.54, 1.807) is 22.9 Å². The van der Waals surface area contributed by atoms with Crippen molar-refractivity contribution in [1.82, 2.24) is 0 Å². The molecule has 0 unspecified atom stereocenters. The highest BCUT2D eigenvalue weighted by Crippen LogP contribution is 2.01. The molecule has 0 aromatic carbocycles. The van der Waals surface area contributed by atoms with Gasteiger partial charge in [0.2, 0.25) is 6.54 Å². The van der Waals surface area contributed by atoms with Gasteiger partial charge in [0.25, 0.3) is 0 Å². The van der Waals surface area contributed by atoms with Crippen molar-refractivity contribution in [3.8, 4) is 0 Å². The molecule has 0 aliphatic rings. The number of halogens is 1. The maximum atomic E-state index is 11.2. The number of nitrogens with zero attached hydrogens (tertiary/aromatic N) is 1. The largest absolute Gasteiger partial charge is 1.00 e. The zero-order valence-electron chi connectivity index (χ0n) is 9.49. The molecule has 0 amide bonds. The molecule has 1 aromatic heterocycles. The molecule has 0 radical (unpaired) electrons. The van der Waals surface area contributed by atoms with Gasteiger partial charge in [0.15, 0.2) is 17.7 Å². The fraction of sp³-hybridized carbons (Fsp3) is 0.364. The van der Waals surface area contributed by atoms with Gasteiger partial charge in [0, 0.05) is 26.0 Å². The third-order valence-corrected chi connectivity index (χ3v) is 2.07. The first-order valence-corrected chi connectivity index (χ1v) is 4.62. The highest BCUT2D eigenvalue weighted by atomic mass is 79.9. The summed E-state index contributed by atoms with van der Waals surface area (Å²) in [4.78, 5) is 22.1. The average Bonchev–Trinajstić information content (AvgIpc) is 2.19. The molecule has 0 spiro atoms. The lowest BCUT2D eigenvalue weighted by Crippen LogP contribution is -3.00. The molecule has 0 fully saturated rings. The summed E-state index contributed by atoms with van der Waals surface area (Å²) in [6.07, 6.45) is 1.71. The molecule has 0 N–H and O–H groups in total. The monoisotopic (exact) mass is 287 g/mol. The summed E-state index contributed by atoms with van der Waals surface area (Å²) in [5.41, 5.74) is 1.35. The minimum Gasteiger partial charge on any atom is -1.00 e. The maximum absolute atomic E-state index is 11.2. The fourth-order valence-corrected chi connectivity index (χ4v) is 1.31. The van der Waals surface area contributed by atoms with Crippen LogP contribution in [0.4, 0.5) is 0 Å². The van der Waals surface area contributed by atoms with Gasteiger partial charge in [-0.05, 0) is 0 Å². The smallest absolute Gasteiger partial charge is 0.338 e. The second kappa shape index (κ2) is 6.37. The van der Waals surface area contributed by atoms with Crippen LogP contribution in [-0.4, -0.2) is 18.9 Å². The van der Waals surface area contributed by atoms with Crippen molar-refractivity contribution < 1.29 is 35.9 Å². The molecule has 0 aliphatic carbocycles. The second-order valence-corrected chi connectivity index (χ2v) is 3.38. The van der Waals surface area contributed by atoms with E-state index in [-0.39, 0.29) is 28.7 Å². The van der Waals surface area contributed by atoms with E-state index in [9.17, 15) is 9.59 Å². The molecule has 88 valence electrons. The lowest BCUT2D eigenvalue weighted by atomic mass is 10.2. The highest BCUT2D eigenvalue weighted by molar-refractivity contribution is 5.89. The van der Waals surface area contributed by atoms with Crippen molar-refractivity contribution >= 4 is 11.8 Å². The van der Waals surface area contributed by atoms with Crippen molar-refractivity contribution in [3.63, 3.8) is 0 Å². The minimum atomic E-state index is -0.368. The van der Waals surface area contributed by atoms with Crippen molar-refractivity contribution in [1.29, 1.82) is 0 Å². The van der Waals surface area contributed by atoms with Crippen molar-refractivity contribution in [3.05, 3.63) is 29.6 Å². The molecule has 0 aliphatic heterocycles. The molecular weight excluding hydrogens is 274 g/mol. The molecule has 0 atom stereocenters. The Balaban J connectivity index is 0.00000225. The number of carbonyl (C=O) groups excluding carboxylic acids is 2. The Labute approximate surface area is 105 Å². The number of Topliss-reactive ketones (excluding diaryl/α,β-unsaturated/α-hetero) is 1. The minimum absolute atomic E-state index is 0. The zero-order chi connectivity index (χ0) is 11.4. The number of aromatic nitrogens is 1. The van der Waals surface area contributed by atoms with E-state index in [0.29, 0.717) is 12.1 Å². The van der Waals surface area contributed by atoms with Gasteiger partial charge >= 0.3 is 5.97 Å². The number of ketones is 1. The van der Waals surface area contributed by atoms with Crippen LogP contribution >= 0.6 is 0 Å². The van der Waals surface area contributed by atoms with Gasteiger partial charge < -0.3 is 21.7 Å². The molecule has 5 heteroatoms. The number of pyridine rings is 1. The van der Waals surface area contributed by atoms with Gasteiger partial charge in [0.1, 0.15) is 0 Å². The van der Waals surface area contributed by atoms with Gasteiger partial charge in [0.05, 0.1) is 12.7 Å². The van der Waals surface area contributed by atoms with Crippen LogP contribution in [0.3, 0.4) is 0 Å². The second-order valence-electron chi connectivity index (χ2n) is 3.38. The first-order chi connectivity index (χ1) is 7.04. The molecule has 0 saturated heterocycles. The van der Waals surface area contributed by atoms with E-state index in [2.05, 4.69) is 4.74 Å². The Kier molecular flexibility index (Phi) is 5.88. The SMILES string of the molecule is COC(=O)c1cc[n+](CC(C)=O)c(C)c1.[Br-]. The van der Waals surface area contributed by atoms with E-state index in [1.165, 1.54) is 14.0 Å². The zero-order valence-corrected chi connectivity index (χ0v) is 11.1. The third kappa shape index (κ3) is 3.73. The van der Waals surface area contributed by atoms with Crippen molar-refractivity contribution in [2.24, 2.45) is 0 Å². The molecule has 1 rings (SSSR count). The predicted octanol–water partition coefficient (Wildman–Crippen LogP) is -2.34. The van der Waals surface area contributed by atoms with Crippen LogP contribution < -0.4 is 21.5 Å². The molecule has 16 heavy (non-hydrogen) atoms. The predicted molar refractivity (Wildman–Crippen MR) is 53.4 cm³/mol. The first-order valence-electron chi connectivity index (χ1n) is 4.62. The van der Waals surface area contributed by atoms with Gasteiger partial charge in [-0.25, -0.2) is 4.79 Å². The van der Waals surface area contributed by atoms with Gasteiger partial charge in [-0.1, -0.05) is 0 Å². The van der Waals surface area contributed by atoms with Gasteiger partial charge in [-0.15, -0.1) is 0 Å². The summed E-state index contributed by atoms with van der Waals surface area (Å²) in [6, 6.07) is 3.34. The number of rotatable bonds is 3. The van der Waals surface area contributed by atoms with Gasteiger partial charge in [-0.3, -0.25) is 4.79 Å². The van der Waals surface area contributed by atoms with Crippen LogP contribution in [0, 0.1) is 6.92 Å². The molecule has 4 nitrogen and oxygen atoms in total. The fourth-order valence-electron chi connectivity index (χ4n) is 1.31. The normalized spacial score (nSPS) is 9.19. The summed E-state index contributed by atoms with van der Waals surface area (Å²) >= 11 is 0. The van der Waals surface area contributed by atoms with Crippen LogP contribution in [0.5, 0.6) is 0 Å². The van der Waals surface area contributed by atoms with Crippen LogP contribution in [0.2, 0.25) is 0 Å². The van der Waals surface area contributed by atoms with E-state index < -0.39 is 0 Å². The Morgan fingerprint density at radius 3 is 2.50 bits per heavy atom. The van der Waals surface area contributed by atoms with Crippen LogP contribution in [0.1, 0.15) is 23.0 Å². The lowest BCUT2D eigenvalue weighted by molar-refractivity contribution is -0.690. The van der Waals surface area contributed by atoms with E-state index in [1.807, 2.05) is 6.92 Å². The van der Waals surface area contributed by atoms with Crippen molar-refractivity contribution in [2.75, 3.05) is 7.11 Å². The lowest BCUT2D eigenvalue weighted by Gasteiger charge is -2.01. The van der Waals surface area contributed by atoms with Gasteiger partial charge in [-0.2, -0.15) is 4.57 Å². The summed E-state index contributed by atoms with van der Waals surface area (Å²) in [7, 11) is 1.34. The number of methoxy groups -OCH3 is 1. The number of carbonyl (C=O) groups is 2. The first kappa shape index (κ1) is 14.8. The Morgan fingerprint density at radius 1 is 1.44 bits per heavy atom. The van der Waals surface area contributed by atoms with E-state index >= 15 is 0 Å². The maximum Gasteiger partial charge on any atom is 0.338 e. The summed E-state index contributed by atoms with van der Waals surface area (Å²) in [5.74, 6) is -0.290. The summed E-state index contributed by atoms with van der Waals surface area (Å²) in [5, 5.41) is 0. The molecule has 1 aromatic rings. The Hall–Kier alpha value is -1.23. The summed E-state index contributed by atoms with van der Waals surface area (Å²) in [6.45, 7) is 3.70. The molecule has 1 heterocycles. The number of esters is 1. The van der Waals surface area contributed by atoms with E-state index in [0.717, 1.165) is 5.69 Å². The Morgan fingerprint density at radius 2 is 2.06 bits per heavy atom. The van der Waals surface area contributed by atoms with Crippen LogP contribution in [-0.2, 0) is 16.1 Å². The molecular formula is C11H14BrNO3. The summed E-state index contributed by atoms with van der Waals surface area (Å²) < 4.78 is 6.38. The number of hydrogen-bond acceptors (Lipinski definition) is 3. The van der Waals surface area contributed by atoms with E-state index in [4.69, 9.17) is 0 Å². The number of aryl methyl sites for hydroxylation is 1. The topological polar surface area (TPSA) is 47.2 Å². The Bertz CT molecular complexity index is 404. The third-order valence-electron chi connectivity index (χ3n) is 2.07. The quantitative estimate of drug-likeness (QED) is 0.463. The highest BCUT2D eigenvalue weighted by Gasteiger charge is 2.13. The number of ether oxygens (including phenoxy) is 1. The van der Waals surface area contributed by atoms with Crippen molar-refractivity contribution in [2.45, 2.75) is 20.4 Å². The standard InChI is InChI=1S/C11H14NO3.BrH/c1-8-6-10(11(14)15-3)4-5-12(8)7-9(2)13;/h4-6H,7H2,1-3H3;1H/q+1;/p-1.